The Labute approximate surface area is 341 Å². The van der Waals surface area contributed by atoms with Crippen LogP contribution in [-0.4, -0.2) is 111 Å². The second-order valence-corrected chi connectivity index (χ2v) is 16.0. The number of carbonyl (C=O) groups is 4. The number of likely N-dealkylation sites (tertiary alicyclic amines) is 2. The minimum absolute atomic E-state index is 0.0364. The van der Waals surface area contributed by atoms with Gasteiger partial charge in [-0.25, -0.2) is 19.6 Å². The molecule has 8 rings (SSSR count). The number of methoxy groups -OCH3 is 2. The third-order valence-electron chi connectivity index (χ3n) is 12.0. The van der Waals surface area contributed by atoms with Gasteiger partial charge in [0.05, 0.1) is 54.7 Å². The first kappa shape index (κ1) is 39.8. The lowest BCUT2D eigenvalue weighted by molar-refractivity contribution is -0.137. The van der Waals surface area contributed by atoms with Crippen LogP contribution in [0.5, 0.6) is 0 Å². The Bertz CT molecular complexity index is 2350. The van der Waals surface area contributed by atoms with E-state index >= 15 is 0 Å². The average Bonchev–Trinajstić information content (AvgIpc) is 4.10. The fourth-order valence-electron chi connectivity index (χ4n) is 8.77. The summed E-state index contributed by atoms with van der Waals surface area (Å²) in [5, 5.41) is 6.48. The number of nitrogens with one attached hydrogen (secondary N) is 4. The maximum absolute atomic E-state index is 14.0. The van der Waals surface area contributed by atoms with Crippen LogP contribution in [-0.2, 0) is 23.8 Å². The lowest BCUT2D eigenvalue weighted by Crippen LogP contribution is -2.53. The summed E-state index contributed by atoms with van der Waals surface area (Å²) in [6, 6.07) is 12.5. The molecule has 4 amide bonds. The van der Waals surface area contributed by atoms with Crippen LogP contribution < -0.4 is 10.6 Å². The summed E-state index contributed by atoms with van der Waals surface area (Å²) in [4.78, 5) is 77.0. The summed E-state index contributed by atoms with van der Waals surface area (Å²) < 4.78 is 15.2. The number of alkyl carbamates (subject to hydrolysis) is 2. The van der Waals surface area contributed by atoms with Gasteiger partial charge in [-0.1, -0.05) is 32.0 Å². The number of aromatic amines is 2. The van der Waals surface area contributed by atoms with Crippen molar-refractivity contribution in [1.82, 2.24) is 45.4 Å². The second kappa shape index (κ2) is 17.1. The molecule has 3 saturated heterocycles. The Morgan fingerprint density at radius 1 is 0.746 bits per heavy atom. The van der Waals surface area contributed by atoms with Gasteiger partial charge in [0.25, 0.3) is 0 Å². The molecule has 0 spiro atoms. The number of carbonyl (C=O) groups excluding carboxylic acids is 4. The van der Waals surface area contributed by atoms with E-state index in [4.69, 9.17) is 24.2 Å². The molecule has 0 bridgehead atoms. The van der Waals surface area contributed by atoms with E-state index in [1.165, 1.54) is 14.2 Å². The fourth-order valence-corrected chi connectivity index (χ4v) is 8.77. The van der Waals surface area contributed by atoms with Crippen molar-refractivity contribution in [3.63, 3.8) is 0 Å². The maximum Gasteiger partial charge on any atom is 0.407 e. The smallest absolute Gasteiger partial charge is 0.407 e. The van der Waals surface area contributed by atoms with Gasteiger partial charge in [-0.3, -0.25) is 14.6 Å². The molecule has 5 aromatic rings. The number of pyridine rings is 1. The number of imidazole rings is 2. The molecule has 4 unspecified atom stereocenters. The number of benzene rings is 2. The minimum Gasteiger partial charge on any atom is -0.453 e. The third-order valence-corrected chi connectivity index (χ3v) is 12.0. The lowest BCUT2D eigenvalue weighted by Gasteiger charge is -2.34. The molecule has 0 radical (unpaired) electrons. The van der Waals surface area contributed by atoms with Gasteiger partial charge in [0.15, 0.2) is 0 Å². The molecule has 6 heterocycles. The number of hydrogen-bond donors (Lipinski definition) is 4. The molecule has 0 saturated carbocycles. The molecule has 4 N–H and O–H groups in total. The number of nitrogens with zero attached hydrogens (tertiary/aromatic N) is 5. The van der Waals surface area contributed by atoms with Crippen LogP contribution in [0.15, 0.2) is 54.9 Å². The fraction of sp³-hybridized carbons (Fsp3) is 0.465. The molecule has 3 fully saturated rings. The molecule has 2 aromatic carbocycles. The topological polar surface area (TPSA) is 197 Å². The number of fused-ring (bicyclic) bond motifs is 2. The summed E-state index contributed by atoms with van der Waals surface area (Å²) in [6.07, 6.45) is 6.92. The predicted molar refractivity (Wildman–Crippen MR) is 219 cm³/mol. The molecular formula is C43H51N9O7. The first-order valence-corrected chi connectivity index (χ1v) is 20.4. The van der Waals surface area contributed by atoms with E-state index in [9.17, 15) is 19.2 Å². The number of ether oxygens (including phenoxy) is 3. The van der Waals surface area contributed by atoms with Gasteiger partial charge in [-0.15, -0.1) is 0 Å². The largest absolute Gasteiger partial charge is 0.453 e. The quantitative estimate of drug-likeness (QED) is 0.129. The summed E-state index contributed by atoms with van der Waals surface area (Å²) in [6.45, 7) is 6.06. The molecule has 3 aromatic heterocycles. The summed E-state index contributed by atoms with van der Waals surface area (Å²) in [7, 11) is 2.59. The minimum atomic E-state index is -0.703. The van der Waals surface area contributed by atoms with Crippen molar-refractivity contribution in [2.75, 3.05) is 40.5 Å². The van der Waals surface area contributed by atoms with Crippen LogP contribution in [0.4, 0.5) is 9.59 Å². The van der Waals surface area contributed by atoms with Gasteiger partial charge in [0.1, 0.15) is 23.7 Å². The van der Waals surface area contributed by atoms with E-state index in [0.717, 1.165) is 75.8 Å². The van der Waals surface area contributed by atoms with Gasteiger partial charge >= 0.3 is 12.2 Å². The van der Waals surface area contributed by atoms with Gasteiger partial charge in [0, 0.05) is 43.4 Å². The van der Waals surface area contributed by atoms with E-state index < -0.39 is 24.3 Å². The Hall–Kier alpha value is -6.03. The van der Waals surface area contributed by atoms with Crippen molar-refractivity contribution in [2.24, 2.45) is 11.8 Å². The molecule has 0 aliphatic carbocycles. The van der Waals surface area contributed by atoms with E-state index in [0.29, 0.717) is 45.0 Å². The third kappa shape index (κ3) is 8.18. The molecule has 4 atom stereocenters. The summed E-state index contributed by atoms with van der Waals surface area (Å²) in [5.74, 6) is 0.993. The highest BCUT2D eigenvalue weighted by molar-refractivity contribution is 5.90. The van der Waals surface area contributed by atoms with Gasteiger partial charge in [-0.05, 0) is 85.8 Å². The molecule has 3 aliphatic rings. The molecule has 16 heteroatoms. The van der Waals surface area contributed by atoms with E-state index in [1.807, 2.05) is 37.1 Å². The van der Waals surface area contributed by atoms with E-state index in [2.05, 4.69) is 55.9 Å². The number of hydrogen-bond acceptors (Lipinski definition) is 10. The maximum atomic E-state index is 14.0. The Kier molecular flexibility index (Phi) is 11.5. The van der Waals surface area contributed by atoms with Crippen molar-refractivity contribution in [1.29, 1.82) is 0 Å². The standard InChI is InChI=1S/C43H51N9O7/c1-24(2)36(49-42(55)57-3)40(53)51-15-5-7-34(51)38-45-23-33(48-38)29-19-28-10-9-26(20-31(28)44-22-29)27-11-12-30-32(21-27)47-39(46-30)35-8-6-16-52(35)41(54)37(50-43(56)58-4)25-13-17-59-18-14-25/h9-12,19-25,34-37H,5-8,13-18H2,1-4H3,(H,45,48)(H,46,47)(H,49,55)(H,50,56). The van der Waals surface area contributed by atoms with Gasteiger partial charge in [-0.2, -0.15) is 0 Å². The van der Waals surface area contributed by atoms with E-state index in [1.54, 1.807) is 11.1 Å². The lowest BCUT2D eigenvalue weighted by atomic mass is 9.90. The molecule has 59 heavy (non-hydrogen) atoms. The van der Waals surface area contributed by atoms with Crippen LogP contribution in [0.1, 0.15) is 76.1 Å². The highest BCUT2D eigenvalue weighted by atomic mass is 16.5. The zero-order chi connectivity index (χ0) is 41.2. The molecule has 16 nitrogen and oxygen atoms in total. The van der Waals surface area contributed by atoms with Crippen LogP contribution in [0.25, 0.3) is 44.3 Å². The van der Waals surface area contributed by atoms with Crippen LogP contribution in [0.3, 0.4) is 0 Å². The number of H-pyrrole nitrogens is 2. The molecular weight excluding hydrogens is 755 g/mol. The Balaban J connectivity index is 0.979. The van der Waals surface area contributed by atoms with Crippen LogP contribution in [0, 0.1) is 11.8 Å². The van der Waals surface area contributed by atoms with Crippen LogP contribution in [0.2, 0.25) is 0 Å². The van der Waals surface area contributed by atoms with Gasteiger partial charge in [0.2, 0.25) is 11.8 Å². The number of rotatable bonds is 10. The van der Waals surface area contributed by atoms with Crippen molar-refractivity contribution in [3.05, 3.63) is 66.5 Å². The van der Waals surface area contributed by atoms with Crippen LogP contribution >= 0.6 is 0 Å². The molecule has 310 valence electrons. The number of amides is 4. The Morgan fingerprint density at radius 3 is 2.15 bits per heavy atom. The first-order chi connectivity index (χ1) is 28.6. The average molecular weight is 806 g/mol. The highest BCUT2D eigenvalue weighted by Gasteiger charge is 2.41. The van der Waals surface area contributed by atoms with Crippen molar-refractivity contribution >= 4 is 45.9 Å². The van der Waals surface area contributed by atoms with Gasteiger partial charge < -0.3 is 44.6 Å². The van der Waals surface area contributed by atoms with E-state index in [-0.39, 0.29) is 35.7 Å². The summed E-state index contributed by atoms with van der Waals surface area (Å²) in [5.41, 5.74) is 6.18. The van der Waals surface area contributed by atoms with Crippen molar-refractivity contribution < 1.29 is 33.4 Å². The zero-order valence-corrected chi connectivity index (χ0v) is 33.8. The number of aromatic nitrogens is 5. The molecule has 3 aliphatic heterocycles. The zero-order valence-electron chi connectivity index (χ0n) is 33.8. The monoisotopic (exact) mass is 805 g/mol. The van der Waals surface area contributed by atoms with Crippen molar-refractivity contribution in [3.8, 4) is 22.4 Å². The normalized spacial score (nSPS) is 19.6. The Morgan fingerprint density at radius 2 is 1.42 bits per heavy atom. The SMILES string of the molecule is COC(=O)NC(C(=O)N1CCCC1c1ncc(-c2cnc3cc(-c4ccc5nc(C6CCCN6C(=O)C(NC(=O)OC)C6CCOCC6)[nH]c5c4)ccc3c2)[nH]1)C(C)C. The first-order valence-electron chi connectivity index (χ1n) is 20.4. The second-order valence-electron chi connectivity index (χ2n) is 16.0. The van der Waals surface area contributed by atoms with Crippen molar-refractivity contribution in [2.45, 2.75) is 76.5 Å². The predicted octanol–water partition coefficient (Wildman–Crippen LogP) is 6.03. The summed E-state index contributed by atoms with van der Waals surface area (Å²) >= 11 is 0. The highest BCUT2D eigenvalue weighted by Crippen LogP contribution is 2.36.